The third kappa shape index (κ3) is 2.86. The predicted octanol–water partition coefficient (Wildman–Crippen LogP) is 2.13. The SMILES string of the molecule is COC(=O)C1CCc2nnc(Cc3ccccc3F)n2CC1. The number of nitrogens with zero attached hydrogens (tertiary/aromatic N) is 3. The van der Waals surface area contributed by atoms with Crippen molar-refractivity contribution in [1.29, 1.82) is 0 Å². The number of hydrogen-bond donors (Lipinski definition) is 0. The molecule has 1 aliphatic heterocycles. The number of aromatic nitrogens is 3. The predicted molar refractivity (Wildman–Crippen MR) is 77.7 cm³/mol. The van der Waals surface area contributed by atoms with Crippen molar-refractivity contribution < 1.29 is 13.9 Å². The summed E-state index contributed by atoms with van der Waals surface area (Å²) in [5.41, 5.74) is 0.603. The van der Waals surface area contributed by atoms with Crippen molar-refractivity contribution in [2.45, 2.75) is 32.2 Å². The van der Waals surface area contributed by atoms with Gasteiger partial charge in [-0.3, -0.25) is 4.79 Å². The van der Waals surface area contributed by atoms with E-state index >= 15 is 0 Å². The smallest absolute Gasteiger partial charge is 0.308 e. The largest absolute Gasteiger partial charge is 0.469 e. The minimum Gasteiger partial charge on any atom is -0.469 e. The van der Waals surface area contributed by atoms with E-state index in [1.54, 1.807) is 12.1 Å². The summed E-state index contributed by atoms with van der Waals surface area (Å²) >= 11 is 0. The summed E-state index contributed by atoms with van der Waals surface area (Å²) in [6.07, 6.45) is 2.50. The van der Waals surface area contributed by atoms with Gasteiger partial charge in [0.1, 0.15) is 17.5 Å². The molecule has 5 nitrogen and oxygen atoms in total. The van der Waals surface area contributed by atoms with Gasteiger partial charge in [-0.25, -0.2) is 4.39 Å². The molecule has 0 spiro atoms. The molecule has 0 saturated heterocycles. The highest BCUT2D eigenvalue weighted by Gasteiger charge is 2.25. The molecule has 1 aromatic carbocycles. The zero-order valence-electron chi connectivity index (χ0n) is 12.5. The molecule has 22 heavy (non-hydrogen) atoms. The number of rotatable bonds is 3. The highest BCUT2D eigenvalue weighted by molar-refractivity contribution is 5.72. The van der Waals surface area contributed by atoms with Crippen LogP contribution in [-0.4, -0.2) is 27.8 Å². The quantitative estimate of drug-likeness (QED) is 0.815. The van der Waals surface area contributed by atoms with Gasteiger partial charge in [0.15, 0.2) is 0 Å². The lowest BCUT2D eigenvalue weighted by atomic mass is 10.0. The van der Waals surface area contributed by atoms with E-state index in [2.05, 4.69) is 10.2 Å². The van der Waals surface area contributed by atoms with Crippen LogP contribution in [0.1, 0.15) is 30.1 Å². The second kappa shape index (κ2) is 6.25. The van der Waals surface area contributed by atoms with Gasteiger partial charge in [-0.1, -0.05) is 18.2 Å². The number of carbonyl (C=O) groups is 1. The van der Waals surface area contributed by atoms with E-state index in [-0.39, 0.29) is 17.7 Å². The van der Waals surface area contributed by atoms with Crippen LogP contribution in [0.5, 0.6) is 0 Å². The first-order valence-corrected chi connectivity index (χ1v) is 7.41. The molecule has 0 N–H and O–H groups in total. The van der Waals surface area contributed by atoms with E-state index in [4.69, 9.17) is 4.74 Å². The summed E-state index contributed by atoms with van der Waals surface area (Å²) in [5, 5.41) is 8.40. The summed E-state index contributed by atoms with van der Waals surface area (Å²) in [5.74, 6) is 1.09. The van der Waals surface area contributed by atoms with Gasteiger partial charge >= 0.3 is 5.97 Å². The lowest BCUT2D eigenvalue weighted by Crippen LogP contribution is -2.17. The highest BCUT2D eigenvalue weighted by atomic mass is 19.1. The van der Waals surface area contributed by atoms with Crippen molar-refractivity contribution in [3.8, 4) is 0 Å². The van der Waals surface area contributed by atoms with Crippen molar-refractivity contribution >= 4 is 5.97 Å². The zero-order chi connectivity index (χ0) is 15.5. The molecule has 0 aliphatic carbocycles. The molecule has 1 aromatic heterocycles. The van der Waals surface area contributed by atoms with Gasteiger partial charge < -0.3 is 9.30 Å². The van der Waals surface area contributed by atoms with Crippen molar-refractivity contribution in [2.75, 3.05) is 7.11 Å². The molecule has 1 atom stereocenters. The van der Waals surface area contributed by atoms with E-state index in [0.29, 0.717) is 37.8 Å². The van der Waals surface area contributed by atoms with Crippen molar-refractivity contribution in [3.63, 3.8) is 0 Å². The standard InChI is InChI=1S/C16H18FN3O2/c1-22-16(21)11-6-7-14-18-19-15(20(14)9-8-11)10-12-4-2-3-5-13(12)17/h2-5,11H,6-10H2,1H3. The van der Waals surface area contributed by atoms with E-state index in [9.17, 15) is 9.18 Å². The maximum Gasteiger partial charge on any atom is 0.308 e. The number of aryl methyl sites for hydroxylation is 1. The van der Waals surface area contributed by atoms with Gasteiger partial charge in [0.05, 0.1) is 13.0 Å². The fraction of sp³-hybridized carbons (Fsp3) is 0.438. The van der Waals surface area contributed by atoms with E-state index < -0.39 is 0 Å². The van der Waals surface area contributed by atoms with Crippen LogP contribution >= 0.6 is 0 Å². The average molecular weight is 303 g/mol. The van der Waals surface area contributed by atoms with E-state index in [0.717, 1.165) is 11.6 Å². The normalized spacial score (nSPS) is 17.6. The van der Waals surface area contributed by atoms with Crippen LogP contribution in [0.4, 0.5) is 4.39 Å². The first kappa shape index (κ1) is 14.7. The Labute approximate surface area is 128 Å². The van der Waals surface area contributed by atoms with Crippen molar-refractivity contribution in [1.82, 2.24) is 14.8 Å². The first-order chi connectivity index (χ1) is 10.7. The van der Waals surface area contributed by atoms with Crippen LogP contribution in [0.15, 0.2) is 24.3 Å². The minimum absolute atomic E-state index is 0.104. The third-order valence-electron chi connectivity index (χ3n) is 4.16. The van der Waals surface area contributed by atoms with Gasteiger partial charge in [-0.15, -0.1) is 10.2 Å². The molecule has 0 fully saturated rings. The molecule has 1 unspecified atom stereocenters. The van der Waals surface area contributed by atoms with Crippen LogP contribution in [0.2, 0.25) is 0 Å². The van der Waals surface area contributed by atoms with Gasteiger partial charge in [0.25, 0.3) is 0 Å². The molecule has 0 saturated carbocycles. The van der Waals surface area contributed by atoms with Crippen LogP contribution in [-0.2, 0) is 28.9 Å². The maximum absolute atomic E-state index is 13.8. The monoisotopic (exact) mass is 303 g/mol. The molecule has 0 amide bonds. The Kier molecular flexibility index (Phi) is 4.18. The molecule has 2 aromatic rings. The van der Waals surface area contributed by atoms with Crippen LogP contribution in [0, 0.1) is 11.7 Å². The first-order valence-electron chi connectivity index (χ1n) is 7.41. The summed E-state index contributed by atoms with van der Waals surface area (Å²) < 4.78 is 20.6. The number of ether oxygens (including phenoxy) is 1. The van der Waals surface area contributed by atoms with Gasteiger partial charge in [0.2, 0.25) is 0 Å². The Balaban J connectivity index is 1.79. The van der Waals surface area contributed by atoms with Gasteiger partial charge in [-0.2, -0.15) is 0 Å². The Morgan fingerprint density at radius 2 is 2.18 bits per heavy atom. The Bertz CT molecular complexity index is 684. The molecule has 116 valence electrons. The summed E-state index contributed by atoms with van der Waals surface area (Å²) in [6.45, 7) is 0.659. The second-order valence-electron chi connectivity index (χ2n) is 5.50. The summed E-state index contributed by atoms with van der Waals surface area (Å²) in [6, 6.07) is 6.68. The fourth-order valence-corrected chi connectivity index (χ4v) is 2.89. The Morgan fingerprint density at radius 1 is 1.36 bits per heavy atom. The lowest BCUT2D eigenvalue weighted by molar-refractivity contribution is -0.145. The molecule has 2 heterocycles. The van der Waals surface area contributed by atoms with Crippen molar-refractivity contribution in [2.24, 2.45) is 5.92 Å². The highest BCUT2D eigenvalue weighted by Crippen LogP contribution is 2.22. The number of methoxy groups -OCH3 is 1. The fourth-order valence-electron chi connectivity index (χ4n) is 2.89. The number of fused-ring (bicyclic) bond motifs is 1. The van der Waals surface area contributed by atoms with E-state index in [1.165, 1.54) is 13.2 Å². The summed E-state index contributed by atoms with van der Waals surface area (Å²) in [7, 11) is 1.41. The topological polar surface area (TPSA) is 57.0 Å². The Morgan fingerprint density at radius 3 is 2.95 bits per heavy atom. The number of carbonyl (C=O) groups excluding carboxylic acids is 1. The van der Waals surface area contributed by atoms with Crippen LogP contribution in [0.25, 0.3) is 0 Å². The number of benzene rings is 1. The molecule has 1 aliphatic rings. The second-order valence-corrected chi connectivity index (χ2v) is 5.50. The Hall–Kier alpha value is -2.24. The summed E-state index contributed by atoms with van der Waals surface area (Å²) in [4.78, 5) is 11.7. The molecular formula is C16H18FN3O2. The molecule has 6 heteroatoms. The van der Waals surface area contributed by atoms with Gasteiger partial charge in [-0.05, 0) is 24.5 Å². The molecule has 3 rings (SSSR count). The lowest BCUT2D eigenvalue weighted by Gasteiger charge is -2.11. The number of esters is 1. The molecule has 0 bridgehead atoms. The van der Waals surface area contributed by atoms with Crippen LogP contribution < -0.4 is 0 Å². The molecule has 0 radical (unpaired) electrons. The number of hydrogen-bond acceptors (Lipinski definition) is 4. The minimum atomic E-state index is -0.235. The van der Waals surface area contributed by atoms with Gasteiger partial charge in [0, 0.05) is 19.4 Å². The zero-order valence-corrected chi connectivity index (χ0v) is 12.5. The third-order valence-corrected chi connectivity index (χ3v) is 4.16. The number of halogens is 1. The van der Waals surface area contributed by atoms with Crippen molar-refractivity contribution in [3.05, 3.63) is 47.3 Å². The maximum atomic E-state index is 13.8. The molecular weight excluding hydrogens is 285 g/mol. The average Bonchev–Trinajstić information content (AvgIpc) is 2.78. The van der Waals surface area contributed by atoms with Crippen LogP contribution in [0.3, 0.4) is 0 Å². The van der Waals surface area contributed by atoms with E-state index in [1.807, 2.05) is 10.6 Å².